The minimum Gasteiger partial charge on any atom is -0.490 e. The highest BCUT2D eigenvalue weighted by molar-refractivity contribution is 7.22. The summed E-state index contributed by atoms with van der Waals surface area (Å²) in [5.41, 5.74) is 4.95. The molecule has 3 N–H and O–H groups in total. The van der Waals surface area contributed by atoms with E-state index in [2.05, 4.69) is 47.4 Å². The molecule has 20 heteroatoms. The Kier molecular flexibility index (Phi) is 16.2. The van der Waals surface area contributed by atoms with Gasteiger partial charge in [-0.25, -0.2) is 34.1 Å². The van der Waals surface area contributed by atoms with Crippen molar-refractivity contribution in [3.8, 4) is 56.1 Å². The monoisotopic (exact) mass is 1040 g/mol. The maximum Gasteiger partial charge on any atom is 0.345 e. The molecule has 0 unspecified atom stereocenters. The number of aromatic nitrogens is 5. The number of fused-ring (bicyclic) bond motifs is 7. The van der Waals surface area contributed by atoms with E-state index in [4.69, 9.17) is 47.1 Å². The summed E-state index contributed by atoms with van der Waals surface area (Å²) < 4.78 is 53.1. The van der Waals surface area contributed by atoms with Gasteiger partial charge in [0.15, 0.2) is 11.6 Å². The van der Waals surface area contributed by atoms with E-state index in [0.717, 1.165) is 26.2 Å². The van der Waals surface area contributed by atoms with Crippen molar-refractivity contribution in [2.24, 2.45) is 0 Å². The molecule has 3 aliphatic rings. The van der Waals surface area contributed by atoms with Crippen LogP contribution in [0.25, 0.3) is 43.2 Å². The number of halogens is 4. The number of nitrogens with one attached hydrogen (secondary N) is 2. The van der Waals surface area contributed by atoms with Crippen LogP contribution in [0, 0.1) is 19.7 Å². The van der Waals surface area contributed by atoms with E-state index in [1.54, 1.807) is 48.8 Å². The molecule has 376 valence electrons. The van der Waals surface area contributed by atoms with E-state index in [1.165, 1.54) is 29.8 Å². The molecular formula is C52H53Cl2F2N9O6S. The Labute approximate surface area is 429 Å². The van der Waals surface area contributed by atoms with Gasteiger partial charge in [-0.3, -0.25) is 9.29 Å². The molecule has 0 amide bonds. The number of carboxylic acid groups (broad SMARTS) is 1. The van der Waals surface area contributed by atoms with Crippen LogP contribution in [-0.4, -0.2) is 131 Å². The third kappa shape index (κ3) is 11.6. The first kappa shape index (κ1) is 50.7. The largest absolute Gasteiger partial charge is 0.490 e. The van der Waals surface area contributed by atoms with E-state index >= 15 is 0 Å². The summed E-state index contributed by atoms with van der Waals surface area (Å²) in [6.07, 6.45) is 2.91. The number of thiophene rings is 1. The van der Waals surface area contributed by atoms with Gasteiger partial charge in [-0.05, 0) is 105 Å². The van der Waals surface area contributed by atoms with Gasteiger partial charge < -0.3 is 39.6 Å². The van der Waals surface area contributed by atoms with Crippen molar-refractivity contribution in [3.05, 3.63) is 118 Å². The smallest absolute Gasteiger partial charge is 0.345 e. The highest BCUT2D eigenvalue weighted by Crippen LogP contribution is 2.53. The Morgan fingerprint density at radius 3 is 2.43 bits per heavy atom. The van der Waals surface area contributed by atoms with Crippen LogP contribution in [0.5, 0.6) is 23.1 Å². The van der Waals surface area contributed by atoms with Gasteiger partial charge in [0.25, 0.3) is 0 Å². The maximum absolute atomic E-state index is 14.4. The number of aliphatic carboxylic acids is 1. The van der Waals surface area contributed by atoms with Gasteiger partial charge in [0.2, 0.25) is 12.0 Å². The minimum atomic E-state index is -1.49. The van der Waals surface area contributed by atoms with Crippen molar-refractivity contribution >= 4 is 56.5 Å². The number of carbonyl (C=O) groups is 1. The summed E-state index contributed by atoms with van der Waals surface area (Å²) in [7, 11) is 2.10. The summed E-state index contributed by atoms with van der Waals surface area (Å²) in [5.74, 6) is 0.597. The molecule has 4 aromatic heterocycles. The third-order valence-corrected chi connectivity index (χ3v) is 14.6. The SMILES string of the molecule is Cc1c(Cl)c2c(Cl)c(C)c1-c1c(-c3ccc(F)cc3)sc3ncnc(c13)O[C@@H](C(=O)O)Cc1cc(ccc1OCc1ccnc(-c3ccc(NCCNCCCF)nc3)n1)OC[C@@H](CN1CCN(C)CC1)O2. The lowest BCUT2D eigenvalue weighted by Gasteiger charge is -2.35. The third-order valence-electron chi connectivity index (χ3n) is 12.6. The Hall–Kier alpha value is -6.28. The van der Waals surface area contributed by atoms with Gasteiger partial charge >= 0.3 is 5.97 Å². The van der Waals surface area contributed by atoms with E-state index in [9.17, 15) is 18.7 Å². The number of benzene rings is 3. The Bertz CT molecular complexity index is 3010. The number of hydrogen-bond acceptors (Lipinski definition) is 15. The maximum atomic E-state index is 14.4. The van der Waals surface area contributed by atoms with E-state index in [1.807, 2.05) is 26.0 Å². The van der Waals surface area contributed by atoms with Crippen molar-refractivity contribution in [2.75, 3.05) is 78.0 Å². The molecular weight excluding hydrogens is 988 g/mol. The normalized spacial score (nSPS) is 16.4. The fourth-order valence-corrected chi connectivity index (χ4v) is 10.4. The van der Waals surface area contributed by atoms with Crippen LogP contribution in [-0.2, 0) is 17.8 Å². The summed E-state index contributed by atoms with van der Waals surface area (Å²) >= 11 is 16.0. The molecule has 10 rings (SSSR count). The molecule has 3 aliphatic heterocycles. The van der Waals surface area contributed by atoms with Crippen LogP contribution in [0.2, 0.25) is 10.0 Å². The first-order valence-corrected chi connectivity index (χ1v) is 25.2. The first-order chi connectivity index (χ1) is 34.9. The van der Waals surface area contributed by atoms with Crippen molar-refractivity contribution in [3.63, 3.8) is 0 Å². The average Bonchev–Trinajstić information content (AvgIpc) is 3.77. The number of piperazine rings is 1. The number of hydrogen-bond donors (Lipinski definition) is 3. The number of nitrogens with zero attached hydrogens (tertiary/aromatic N) is 7. The van der Waals surface area contributed by atoms with Crippen molar-refractivity contribution in [1.29, 1.82) is 0 Å². The summed E-state index contributed by atoms with van der Waals surface area (Å²) in [5, 5.41) is 18.3. The van der Waals surface area contributed by atoms with Crippen molar-refractivity contribution in [2.45, 2.75) is 45.5 Å². The number of carboxylic acids is 1. The lowest BCUT2D eigenvalue weighted by molar-refractivity contribution is -0.145. The van der Waals surface area contributed by atoms with Crippen LogP contribution in [0.3, 0.4) is 0 Å². The summed E-state index contributed by atoms with van der Waals surface area (Å²) in [6, 6.07) is 16.8. The van der Waals surface area contributed by atoms with Gasteiger partial charge in [0.05, 0.1) is 27.8 Å². The Morgan fingerprint density at radius 2 is 1.69 bits per heavy atom. The molecule has 0 radical (unpaired) electrons. The number of alkyl halides is 1. The van der Waals surface area contributed by atoms with E-state index in [0.29, 0.717) is 121 Å². The van der Waals surface area contributed by atoms with E-state index in [-0.39, 0.29) is 42.2 Å². The molecule has 0 aliphatic carbocycles. The molecule has 2 atom stereocenters. The second-order valence-electron chi connectivity index (χ2n) is 17.6. The highest BCUT2D eigenvalue weighted by atomic mass is 35.5. The zero-order valence-corrected chi connectivity index (χ0v) is 42.2. The van der Waals surface area contributed by atoms with Crippen molar-refractivity contribution < 1.29 is 37.6 Å². The number of ether oxygens (including phenoxy) is 4. The number of pyridine rings is 1. The number of anilines is 1. The second kappa shape index (κ2) is 23.1. The summed E-state index contributed by atoms with van der Waals surface area (Å²) in [4.78, 5) is 42.1. The first-order valence-electron chi connectivity index (χ1n) is 23.6. The second-order valence-corrected chi connectivity index (χ2v) is 19.4. The van der Waals surface area contributed by atoms with Crippen LogP contribution in [0.15, 0.2) is 79.4 Å². The zero-order valence-electron chi connectivity index (χ0n) is 39.9. The lowest BCUT2D eigenvalue weighted by Crippen LogP contribution is -2.49. The van der Waals surface area contributed by atoms with Gasteiger partial charge in [0, 0.05) is 86.2 Å². The fourth-order valence-electron chi connectivity index (χ4n) is 8.71. The predicted molar refractivity (Wildman–Crippen MR) is 275 cm³/mol. The van der Waals surface area contributed by atoms with Crippen LogP contribution >= 0.6 is 34.5 Å². The minimum absolute atomic E-state index is 0.0128. The molecule has 7 heterocycles. The molecule has 4 bridgehead atoms. The molecule has 7 aromatic rings. The molecule has 1 saturated heterocycles. The fraction of sp³-hybridized carbons (Fsp3) is 0.346. The van der Waals surface area contributed by atoms with Gasteiger partial charge in [-0.2, -0.15) is 0 Å². The van der Waals surface area contributed by atoms with Gasteiger partial charge in [-0.15, -0.1) is 11.3 Å². The van der Waals surface area contributed by atoms with Gasteiger partial charge in [0.1, 0.15) is 53.6 Å². The topological polar surface area (TPSA) is 169 Å². The summed E-state index contributed by atoms with van der Waals surface area (Å²) in [6.45, 7) is 9.34. The molecule has 0 spiro atoms. The number of likely N-dealkylation sites (N-methyl/N-ethyl adjacent to an activating group) is 1. The average molecular weight is 1040 g/mol. The standard InChI is InChI=1S/C52H53Cl2F2N9O6S/c1-30-42-31(2)46(54)47(45(30)53)70-38(26-65-21-19-64(3)20-22-65)28-68-37-10-11-39(69-27-36-13-16-59-49(63-36)33-7-12-41(60-25-33)58-18-17-57-15-4-14-55)34(23-37)24-40(52(66)67)71-50-44-43(42)48(72-51(44)62-29-61-50)32-5-8-35(56)9-6-32/h5-13,16,23,25,29,38,40,57H,4,14-15,17-22,24,26-28H2,1-3H3,(H,58,60)(H,66,67)/t38-,40-/m1/s1. The van der Waals surface area contributed by atoms with Crippen LogP contribution in [0.1, 0.15) is 28.8 Å². The molecule has 72 heavy (non-hydrogen) atoms. The van der Waals surface area contributed by atoms with Crippen molar-refractivity contribution in [1.82, 2.24) is 40.0 Å². The predicted octanol–water partition coefficient (Wildman–Crippen LogP) is 9.34. The molecule has 0 saturated carbocycles. The number of rotatable bonds is 15. The zero-order chi connectivity index (χ0) is 50.3. The molecule has 15 nitrogen and oxygen atoms in total. The van der Waals surface area contributed by atoms with Crippen LogP contribution < -0.4 is 29.6 Å². The Balaban J connectivity index is 1.07. The Morgan fingerprint density at radius 1 is 0.917 bits per heavy atom. The lowest BCUT2D eigenvalue weighted by atomic mass is 9.92. The van der Waals surface area contributed by atoms with Crippen LogP contribution in [0.4, 0.5) is 14.6 Å². The highest BCUT2D eigenvalue weighted by Gasteiger charge is 2.32. The van der Waals surface area contributed by atoms with E-state index < -0.39 is 24.0 Å². The molecule has 3 aromatic carbocycles. The van der Waals surface area contributed by atoms with Gasteiger partial charge in [-0.1, -0.05) is 35.3 Å². The quantitative estimate of drug-likeness (QED) is 0.0830. The molecule has 1 fully saturated rings.